The Bertz CT molecular complexity index is 8.04. The van der Waals surface area contributed by atoms with Crippen molar-refractivity contribution in [2.75, 3.05) is 0 Å². The Kier molecular flexibility index (Phi) is 83100. The fourth-order valence-electron chi connectivity index (χ4n) is 0. The largest absolute Gasteiger partial charge is 0.412 e. The molecule has 0 aliphatic heterocycles. The zero-order chi connectivity index (χ0) is 0. The van der Waals surface area contributed by atoms with Crippen LogP contribution in [0.3, 0.4) is 0 Å². The van der Waals surface area contributed by atoms with Crippen molar-refractivity contribution < 1.29 is 43.9 Å². The second-order valence-electron chi connectivity index (χ2n) is 0. The molecule has 0 rings (SSSR count). The molecule has 0 unspecified atom stereocenters. The van der Waals surface area contributed by atoms with Gasteiger partial charge in [0.15, 0.2) is 0 Å². The normalized spacial score (nSPS) is 0. The third-order valence-electron chi connectivity index (χ3n) is 0. The van der Waals surface area contributed by atoms with Gasteiger partial charge in [-0.3, -0.25) is 0 Å². The van der Waals surface area contributed by atoms with Gasteiger partial charge in [-0.05, 0) is 0 Å². The van der Waals surface area contributed by atoms with Crippen molar-refractivity contribution in [3.63, 3.8) is 0 Å². The van der Waals surface area contributed by atoms with Gasteiger partial charge in [0.1, 0.15) is 0 Å². The first-order valence-electron chi connectivity index (χ1n) is 0. The van der Waals surface area contributed by atoms with Crippen LogP contribution in [-0.2, 0) is 16.5 Å². The first-order chi connectivity index (χ1) is 0. The van der Waals surface area contributed by atoms with Crippen LogP contribution in [0.2, 0.25) is 0 Å². The van der Waals surface area contributed by atoms with Gasteiger partial charge in [0, 0.05) is 16.5 Å². The van der Waals surface area contributed by atoms with Gasteiger partial charge in [0.2, 0.25) is 0 Å². The summed E-state index contributed by atoms with van der Waals surface area (Å²) >= 11 is 0. The maximum atomic E-state index is 0. The molecule has 0 aromatic carbocycles. The Morgan fingerprint density at radius 1 is 0.429 bits per heavy atom. The molecule has 58 valence electrons. The smallest absolute Gasteiger partial charge is 0 e. The monoisotopic (exact) mass is 184 g/mol. The third-order valence-corrected chi connectivity index (χ3v) is 0. The fraction of sp³-hybridized carbons (Fsp3) is 0. The second-order valence-corrected chi connectivity index (χ2v) is 0. The van der Waals surface area contributed by atoms with E-state index in [4.69, 9.17) is 0 Å². The van der Waals surface area contributed by atoms with Gasteiger partial charge in [0.25, 0.3) is 0 Å². The molecule has 5 nitrogen and oxygen atoms in total. The maximum Gasteiger partial charge on any atom is 0 e. The average Bonchev–Trinajstić information content (AvgIpc) is 0. The summed E-state index contributed by atoms with van der Waals surface area (Å²) in [6.45, 7) is 0. The number of halogens is 1. The van der Waals surface area contributed by atoms with Crippen LogP contribution >= 0.6 is 12.4 Å². The summed E-state index contributed by atoms with van der Waals surface area (Å²) in [5.74, 6) is 0. The van der Waals surface area contributed by atoms with Crippen LogP contribution < -0.4 is 0 Å². The Labute approximate surface area is 57.0 Å². The Morgan fingerprint density at radius 3 is 0.429 bits per heavy atom. The molecule has 0 bridgehead atoms. The molecule has 0 aliphatic rings. The number of hydrogen-bond acceptors (Lipinski definition) is 0. The van der Waals surface area contributed by atoms with Gasteiger partial charge >= 0.3 is 0 Å². The van der Waals surface area contributed by atoms with Gasteiger partial charge in [-0.2, -0.15) is 0 Å². The third kappa shape index (κ3) is 406. The molecule has 7 heteroatoms. The van der Waals surface area contributed by atoms with Crippen LogP contribution in [0.5, 0.6) is 0 Å². The van der Waals surface area contributed by atoms with Crippen LogP contribution in [0.4, 0.5) is 0 Å². The summed E-state index contributed by atoms with van der Waals surface area (Å²) in [4.78, 5) is 0. The molecule has 0 aliphatic carbocycles. The zero-order valence-corrected chi connectivity index (χ0v) is 5.03. The number of rotatable bonds is 0. The summed E-state index contributed by atoms with van der Waals surface area (Å²) < 4.78 is 0. The molecule has 0 fully saturated rings. The molecule has 0 radical (unpaired) electrons. The summed E-state index contributed by atoms with van der Waals surface area (Å²) in [6, 6.07) is 0. The number of hydrogen-bond donors (Lipinski definition) is 0. The molecule has 10 N–H and O–H groups in total. The Balaban J connectivity index is 0. The minimum Gasteiger partial charge on any atom is -0.412 e. The van der Waals surface area contributed by atoms with E-state index in [1.807, 2.05) is 0 Å². The van der Waals surface area contributed by atoms with Gasteiger partial charge < -0.3 is 27.4 Å². The summed E-state index contributed by atoms with van der Waals surface area (Å²) in [7, 11) is 0. The van der Waals surface area contributed by atoms with Crippen LogP contribution in [0.1, 0.15) is 0 Å². The van der Waals surface area contributed by atoms with Gasteiger partial charge in [0.05, 0.1) is 0 Å². The molecule has 0 aromatic rings. The average molecular weight is 185 g/mol. The molecular formula is H11ClNiO5. The van der Waals surface area contributed by atoms with Crippen molar-refractivity contribution in [3.8, 4) is 0 Å². The van der Waals surface area contributed by atoms with E-state index >= 15 is 0 Å². The van der Waals surface area contributed by atoms with Crippen LogP contribution in [0, 0.1) is 0 Å². The van der Waals surface area contributed by atoms with Crippen LogP contribution in [-0.4, -0.2) is 27.4 Å². The molecule has 0 heterocycles. The first-order valence-corrected chi connectivity index (χ1v) is 0. The van der Waals surface area contributed by atoms with E-state index in [2.05, 4.69) is 0 Å². The molecule has 7 heavy (non-hydrogen) atoms. The van der Waals surface area contributed by atoms with Crippen LogP contribution in [0.15, 0.2) is 0 Å². The minimum absolute atomic E-state index is 0. The predicted octanol–water partition coefficient (Wildman–Crippen LogP) is -3.70. The minimum atomic E-state index is 0. The van der Waals surface area contributed by atoms with E-state index in [0.717, 1.165) is 0 Å². The molecule has 0 saturated carbocycles. The molecule has 0 spiro atoms. The van der Waals surface area contributed by atoms with E-state index in [1.165, 1.54) is 0 Å². The first kappa shape index (κ1) is 965. The van der Waals surface area contributed by atoms with Gasteiger partial charge in [-0.1, -0.05) is 0 Å². The predicted molar refractivity (Wildman–Crippen MR) is 25.3 cm³/mol. The zero-order valence-electron chi connectivity index (χ0n) is 3.22. The summed E-state index contributed by atoms with van der Waals surface area (Å²) in [6.07, 6.45) is 0. The van der Waals surface area contributed by atoms with Crippen molar-refractivity contribution in [1.29, 1.82) is 0 Å². The maximum absolute atomic E-state index is 0. The summed E-state index contributed by atoms with van der Waals surface area (Å²) in [5, 5.41) is 0. The molecule has 0 saturated heterocycles. The van der Waals surface area contributed by atoms with Gasteiger partial charge in [-0.25, -0.2) is 0 Å². The Morgan fingerprint density at radius 2 is 0.429 bits per heavy atom. The topological polar surface area (TPSA) is 158 Å². The quantitative estimate of drug-likeness (QED) is 0.340. The molecule has 0 amide bonds. The molecular weight excluding hydrogens is 174 g/mol. The van der Waals surface area contributed by atoms with E-state index in [9.17, 15) is 0 Å². The second kappa shape index (κ2) is 603. The van der Waals surface area contributed by atoms with Gasteiger partial charge in [-0.15, -0.1) is 12.4 Å². The van der Waals surface area contributed by atoms with E-state index in [0.29, 0.717) is 0 Å². The standard InChI is InChI=1S/ClH.Ni.5H2O/h1H;;5*1H2. The van der Waals surface area contributed by atoms with E-state index < -0.39 is 0 Å². The fourth-order valence-corrected chi connectivity index (χ4v) is 0. The van der Waals surface area contributed by atoms with Crippen molar-refractivity contribution in [1.82, 2.24) is 0 Å². The molecule has 0 aromatic heterocycles. The summed E-state index contributed by atoms with van der Waals surface area (Å²) in [5.41, 5.74) is 0. The van der Waals surface area contributed by atoms with Crippen molar-refractivity contribution in [2.24, 2.45) is 0 Å². The van der Waals surface area contributed by atoms with E-state index in [1.54, 1.807) is 0 Å². The van der Waals surface area contributed by atoms with E-state index in [-0.39, 0.29) is 56.3 Å². The van der Waals surface area contributed by atoms with Crippen molar-refractivity contribution >= 4 is 12.4 Å². The van der Waals surface area contributed by atoms with Crippen LogP contribution in [0.25, 0.3) is 0 Å². The molecule has 0 atom stereocenters. The SMILES string of the molecule is Cl.O.O.O.O.O.[Ni]. The Hall–Kier alpha value is 0.584. The van der Waals surface area contributed by atoms with Crippen molar-refractivity contribution in [3.05, 3.63) is 0 Å². The van der Waals surface area contributed by atoms with Crippen molar-refractivity contribution in [2.45, 2.75) is 0 Å².